The van der Waals surface area contributed by atoms with Crippen LogP contribution in [0, 0.1) is 10.1 Å². The molecular weight excluding hydrogens is 243 g/mol. The third kappa shape index (κ3) is 2.35. The first-order chi connectivity index (χ1) is 7.66. The van der Waals surface area contributed by atoms with Gasteiger partial charge in [0.2, 0.25) is 0 Å². The third-order valence-corrected chi connectivity index (χ3v) is 2.00. The number of carbonyl (C=O) groups is 1. The van der Waals surface area contributed by atoms with Gasteiger partial charge in [-0.25, -0.2) is 0 Å². The number of rotatable bonds is 2. The van der Waals surface area contributed by atoms with E-state index in [1.807, 2.05) is 0 Å². The molecule has 0 spiro atoms. The number of hydrogen-bond acceptors (Lipinski definition) is 4. The maximum Gasteiger partial charge on any atom is 0.417 e. The zero-order chi connectivity index (χ0) is 13.4. The van der Waals surface area contributed by atoms with Gasteiger partial charge in [-0.1, -0.05) is 0 Å². The van der Waals surface area contributed by atoms with Crippen LogP contribution in [0.15, 0.2) is 12.1 Å². The molecule has 0 radical (unpaired) electrons. The van der Waals surface area contributed by atoms with Gasteiger partial charge in [0.25, 0.3) is 0 Å². The van der Waals surface area contributed by atoms with Crippen LogP contribution in [0.5, 0.6) is 5.75 Å². The highest BCUT2D eigenvalue weighted by Crippen LogP contribution is 2.40. The van der Waals surface area contributed by atoms with Crippen molar-refractivity contribution in [1.82, 2.24) is 0 Å². The molecule has 0 saturated carbocycles. The number of nitro groups is 1. The molecule has 0 aromatic heterocycles. The predicted octanol–water partition coefficient (Wildman–Crippen LogP) is 2.52. The lowest BCUT2D eigenvalue weighted by Crippen LogP contribution is -2.13. The van der Waals surface area contributed by atoms with Gasteiger partial charge in [0, 0.05) is 0 Å². The van der Waals surface area contributed by atoms with E-state index >= 15 is 0 Å². The Kier molecular flexibility index (Phi) is 3.08. The van der Waals surface area contributed by atoms with Crippen molar-refractivity contribution in [3.63, 3.8) is 0 Å². The largest absolute Gasteiger partial charge is 0.502 e. The Balaban J connectivity index is 3.72. The summed E-state index contributed by atoms with van der Waals surface area (Å²) >= 11 is 0. The van der Waals surface area contributed by atoms with Gasteiger partial charge < -0.3 is 5.11 Å². The molecule has 0 atom stereocenters. The van der Waals surface area contributed by atoms with Gasteiger partial charge in [-0.05, 0) is 19.1 Å². The van der Waals surface area contributed by atoms with Crippen molar-refractivity contribution in [3.05, 3.63) is 33.4 Å². The second kappa shape index (κ2) is 4.04. The minimum absolute atomic E-state index is 0.430. The summed E-state index contributed by atoms with van der Waals surface area (Å²) < 4.78 is 37.6. The Hall–Kier alpha value is -2.12. The van der Waals surface area contributed by atoms with Crippen LogP contribution in [0.3, 0.4) is 0 Å². The SMILES string of the molecule is CC(=O)c1c(C(F)(F)F)ccc(O)c1[N+](=O)[O-]. The summed E-state index contributed by atoms with van der Waals surface area (Å²) in [6.45, 7) is 0.761. The minimum Gasteiger partial charge on any atom is -0.502 e. The molecule has 0 amide bonds. The number of aromatic hydroxyl groups is 1. The molecule has 0 aliphatic carbocycles. The lowest BCUT2D eigenvalue weighted by Gasteiger charge is -2.11. The lowest BCUT2D eigenvalue weighted by molar-refractivity contribution is -0.386. The Morgan fingerprint density at radius 2 is 1.94 bits per heavy atom. The number of phenolic OH excluding ortho intramolecular Hbond substituents is 1. The number of alkyl halides is 3. The fourth-order valence-electron chi connectivity index (χ4n) is 1.36. The van der Waals surface area contributed by atoms with E-state index in [2.05, 4.69) is 0 Å². The summed E-state index contributed by atoms with van der Waals surface area (Å²) in [7, 11) is 0. The highest BCUT2D eigenvalue weighted by molar-refractivity contribution is 6.00. The predicted molar refractivity (Wildman–Crippen MR) is 49.8 cm³/mol. The molecule has 0 aliphatic rings. The number of ketones is 1. The van der Waals surface area contributed by atoms with Crippen LogP contribution in [-0.2, 0) is 6.18 Å². The molecule has 0 aliphatic heterocycles. The average molecular weight is 249 g/mol. The Bertz CT molecular complexity index is 496. The van der Waals surface area contributed by atoms with E-state index in [4.69, 9.17) is 5.11 Å². The smallest absolute Gasteiger partial charge is 0.417 e. The third-order valence-electron chi connectivity index (χ3n) is 2.00. The molecule has 0 saturated heterocycles. The van der Waals surface area contributed by atoms with Crippen LogP contribution < -0.4 is 0 Å². The zero-order valence-electron chi connectivity index (χ0n) is 8.41. The summed E-state index contributed by atoms with van der Waals surface area (Å²) in [5.41, 5.74) is -3.80. The monoisotopic (exact) mass is 249 g/mol. The number of phenols is 1. The second-order valence-electron chi connectivity index (χ2n) is 3.17. The van der Waals surface area contributed by atoms with E-state index < -0.39 is 39.4 Å². The summed E-state index contributed by atoms with van der Waals surface area (Å²) in [4.78, 5) is 20.4. The normalized spacial score (nSPS) is 11.3. The van der Waals surface area contributed by atoms with E-state index in [0.29, 0.717) is 12.1 Å². The minimum atomic E-state index is -4.90. The molecule has 0 fully saturated rings. The van der Waals surface area contributed by atoms with Crippen LogP contribution in [-0.4, -0.2) is 15.8 Å². The van der Waals surface area contributed by atoms with E-state index in [9.17, 15) is 28.1 Å². The zero-order valence-corrected chi connectivity index (χ0v) is 8.41. The number of nitrogens with zero attached hydrogens (tertiary/aromatic N) is 1. The summed E-state index contributed by atoms with van der Waals surface area (Å²) in [6, 6.07) is 0.965. The molecule has 1 aromatic rings. The van der Waals surface area contributed by atoms with Gasteiger partial charge in [-0.15, -0.1) is 0 Å². The van der Waals surface area contributed by atoms with E-state index in [0.717, 1.165) is 6.92 Å². The standard InChI is InChI=1S/C9H6F3NO4/c1-4(14)7-5(9(10,11)12)2-3-6(15)8(7)13(16)17/h2-3,15H,1H3. The van der Waals surface area contributed by atoms with Crippen molar-refractivity contribution >= 4 is 11.5 Å². The summed E-state index contributed by atoms with van der Waals surface area (Å²) in [5.74, 6) is -2.12. The number of hydrogen-bond donors (Lipinski definition) is 1. The van der Waals surface area contributed by atoms with Crippen molar-refractivity contribution in [1.29, 1.82) is 0 Å². The topological polar surface area (TPSA) is 80.4 Å². The lowest BCUT2D eigenvalue weighted by atomic mass is 10.0. The van der Waals surface area contributed by atoms with Crippen LogP contribution in [0.25, 0.3) is 0 Å². The maximum atomic E-state index is 12.5. The number of benzene rings is 1. The van der Waals surface area contributed by atoms with E-state index in [1.165, 1.54) is 0 Å². The molecule has 8 heteroatoms. The van der Waals surface area contributed by atoms with Crippen LogP contribution >= 0.6 is 0 Å². The van der Waals surface area contributed by atoms with Crippen LogP contribution in [0.2, 0.25) is 0 Å². The van der Waals surface area contributed by atoms with Crippen LogP contribution in [0.4, 0.5) is 18.9 Å². The Morgan fingerprint density at radius 3 is 2.29 bits per heavy atom. The number of halogens is 3. The molecule has 1 N–H and O–H groups in total. The van der Waals surface area contributed by atoms with Gasteiger partial charge in [0.05, 0.1) is 10.5 Å². The van der Waals surface area contributed by atoms with E-state index in [-0.39, 0.29) is 0 Å². The van der Waals surface area contributed by atoms with Gasteiger partial charge >= 0.3 is 11.9 Å². The maximum absolute atomic E-state index is 12.5. The number of nitro benzene ring substituents is 1. The quantitative estimate of drug-likeness (QED) is 0.496. The van der Waals surface area contributed by atoms with Gasteiger partial charge in [0.15, 0.2) is 11.5 Å². The first-order valence-electron chi connectivity index (χ1n) is 4.24. The summed E-state index contributed by atoms with van der Waals surface area (Å²) in [5, 5.41) is 19.7. The van der Waals surface area contributed by atoms with Crippen molar-refractivity contribution in [2.45, 2.75) is 13.1 Å². The molecule has 0 unspecified atom stereocenters. The molecule has 1 aromatic carbocycles. The number of Topliss-reactive ketones (excluding diaryl/α,β-unsaturated/α-hetero) is 1. The Labute approximate surface area is 92.6 Å². The highest BCUT2D eigenvalue weighted by Gasteiger charge is 2.39. The summed E-state index contributed by atoms with van der Waals surface area (Å²) in [6.07, 6.45) is -4.90. The van der Waals surface area contributed by atoms with Gasteiger partial charge in [0.1, 0.15) is 5.56 Å². The molecule has 5 nitrogen and oxygen atoms in total. The van der Waals surface area contributed by atoms with Crippen LogP contribution in [0.1, 0.15) is 22.8 Å². The molecular formula is C9H6F3NO4. The van der Waals surface area contributed by atoms with Gasteiger partial charge in [-0.3, -0.25) is 14.9 Å². The molecule has 1 rings (SSSR count). The van der Waals surface area contributed by atoms with Crippen molar-refractivity contribution in [2.75, 3.05) is 0 Å². The van der Waals surface area contributed by atoms with Gasteiger partial charge in [-0.2, -0.15) is 13.2 Å². The highest BCUT2D eigenvalue weighted by atomic mass is 19.4. The first kappa shape index (κ1) is 12.9. The Morgan fingerprint density at radius 1 is 1.41 bits per heavy atom. The molecule has 17 heavy (non-hydrogen) atoms. The molecule has 92 valence electrons. The average Bonchev–Trinajstić information content (AvgIpc) is 2.14. The second-order valence-corrected chi connectivity index (χ2v) is 3.17. The van der Waals surface area contributed by atoms with Crippen molar-refractivity contribution < 1.29 is 28.0 Å². The fourth-order valence-corrected chi connectivity index (χ4v) is 1.36. The number of carbonyl (C=O) groups excluding carboxylic acids is 1. The molecule has 0 bridgehead atoms. The molecule has 0 heterocycles. The van der Waals surface area contributed by atoms with E-state index in [1.54, 1.807) is 0 Å². The van der Waals surface area contributed by atoms with Crippen molar-refractivity contribution in [2.24, 2.45) is 0 Å². The van der Waals surface area contributed by atoms with Crippen molar-refractivity contribution in [3.8, 4) is 5.75 Å². The first-order valence-corrected chi connectivity index (χ1v) is 4.24. The fraction of sp³-hybridized carbons (Fsp3) is 0.222.